The van der Waals surface area contributed by atoms with E-state index in [-0.39, 0.29) is 24.2 Å². The second kappa shape index (κ2) is 10.3. The molecule has 0 spiro atoms. The highest BCUT2D eigenvalue weighted by atomic mass is 79.9. The lowest BCUT2D eigenvalue weighted by molar-refractivity contribution is -0.149. The molecule has 1 aromatic heterocycles. The van der Waals surface area contributed by atoms with Gasteiger partial charge in [-0.3, -0.25) is 4.79 Å². The smallest absolute Gasteiger partial charge is 0.344 e. The van der Waals surface area contributed by atoms with E-state index in [1.165, 1.54) is 10.9 Å². The highest BCUT2D eigenvalue weighted by molar-refractivity contribution is 9.10. The molecule has 0 bridgehead atoms. The maximum absolute atomic E-state index is 13.2. The summed E-state index contributed by atoms with van der Waals surface area (Å²) in [6.07, 6.45) is 1.23. The van der Waals surface area contributed by atoms with Crippen LogP contribution in [0.1, 0.15) is 45.0 Å². The lowest BCUT2D eigenvalue weighted by Gasteiger charge is -2.13. The van der Waals surface area contributed by atoms with Crippen LogP contribution in [-0.4, -0.2) is 34.6 Å². The molecule has 1 heterocycles. The van der Waals surface area contributed by atoms with Crippen molar-refractivity contribution in [3.8, 4) is 5.75 Å². The van der Waals surface area contributed by atoms with E-state index in [9.17, 15) is 9.59 Å². The van der Waals surface area contributed by atoms with E-state index >= 15 is 0 Å². The number of benzene rings is 2. The predicted molar refractivity (Wildman–Crippen MR) is 129 cm³/mol. The fourth-order valence-electron chi connectivity index (χ4n) is 2.96. The second-order valence-corrected chi connectivity index (χ2v) is 9.01. The summed E-state index contributed by atoms with van der Waals surface area (Å²) in [4.78, 5) is 29.6. The monoisotopic (exact) mass is 519 g/mol. The van der Waals surface area contributed by atoms with Crippen LogP contribution in [0.25, 0.3) is 10.9 Å². The summed E-state index contributed by atoms with van der Waals surface area (Å²) in [7, 11) is 0. The summed E-state index contributed by atoms with van der Waals surface area (Å²) in [6, 6.07) is 10.3. The third-order valence-electron chi connectivity index (χ3n) is 4.35. The van der Waals surface area contributed by atoms with Crippen LogP contribution in [-0.2, 0) is 9.53 Å². The average molecular weight is 521 g/mol. The maximum Gasteiger partial charge on any atom is 0.344 e. The van der Waals surface area contributed by atoms with E-state index in [4.69, 9.17) is 21.1 Å². The molecule has 0 aliphatic carbocycles. The maximum atomic E-state index is 13.2. The van der Waals surface area contributed by atoms with E-state index < -0.39 is 5.97 Å². The molecular formula is C23H23BrClN3O4. The van der Waals surface area contributed by atoms with Crippen molar-refractivity contribution in [3.63, 3.8) is 0 Å². The fourth-order valence-corrected chi connectivity index (χ4v) is 3.50. The van der Waals surface area contributed by atoms with Gasteiger partial charge in [-0.15, -0.1) is 0 Å². The molecule has 0 atom stereocenters. The predicted octanol–water partition coefficient (Wildman–Crippen LogP) is 5.15. The van der Waals surface area contributed by atoms with Gasteiger partial charge in [0.25, 0.3) is 5.56 Å². The fraction of sp³-hybridized carbons (Fsp3) is 0.304. The summed E-state index contributed by atoms with van der Waals surface area (Å²) >= 11 is 9.54. The van der Waals surface area contributed by atoms with Crippen molar-refractivity contribution in [1.82, 2.24) is 9.66 Å². The Bertz CT molecular complexity index is 1240. The van der Waals surface area contributed by atoms with Crippen molar-refractivity contribution in [1.29, 1.82) is 0 Å². The molecule has 3 rings (SSSR count). The number of carbonyl (C=O) groups is 1. The molecule has 0 saturated heterocycles. The standard InChI is InChI=1S/C23H23BrClN3O4/c1-13(2)22-27-19-7-5-16(24)10-18(19)23(30)28(22)26-11-15-9-17(25)6-8-20(15)31-12-21(29)32-14(3)4/h5-11,13-14H,12H2,1-4H3. The molecular weight excluding hydrogens is 498 g/mol. The van der Waals surface area contributed by atoms with E-state index in [1.54, 1.807) is 44.2 Å². The second-order valence-electron chi connectivity index (χ2n) is 7.66. The Hall–Kier alpha value is -2.71. The number of carbonyl (C=O) groups excluding carboxylic acids is 1. The lowest BCUT2D eigenvalue weighted by Crippen LogP contribution is -2.23. The first-order valence-corrected chi connectivity index (χ1v) is 11.2. The summed E-state index contributed by atoms with van der Waals surface area (Å²) in [6.45, 7) is 7.14. The van der Waals surface area contributed by atoms with Crippen LogP contribution in [0, 0.1) is 0 Å². The van der Waals surface area contributed by atoms with Gasteiger partial charge >= 0.3 is 5.97 Å². The first-order valence-electron chi connectivity index (χ1n) is 10.0. The molecule has 0 fully saturated rings. The number of halogens is 2. The van der Waals surface area contributed by atoms with E-state index in [0.29, 0.717) is 33.1 Å². The van der Waals surface area contributed by atoms with Crippen molar-refractivity contribution in [3.05, 3.63) is 67.6 Å². The van der Waals surface area contributed by atoms with Crippen LogP contribution < -0.4 is 10.3 Å². The largest absolute Gasteiger partial charge is 0.481 e. The Balaban J connectivity index is 2.01. The summed E-state index contributed by atoms with van der Waals surface area (Å²) in [5.74, 6) is 0.370. The highest BCUT2D eigenvalue weighted by Crippen LogP contribution is 2.23. The van der Waals surface area contributed by atoms with Crippen LogP contribution in [0.2, 0.25) is 5.02 Å². The van der Waals surface area contributed by atoms with E-state index in [2.05, 4.69) is 26.0 Å². The van der Waals surface area contributed by atoms with Gasteiger partial charge < -0.3 is 9.47 Å². The number of fused-ring (bicyclic) bond motifs is 1. The third-order valence-corrected chi connectivity index (χ3v) is 5.07. The zero-order valence-corrected chi connectivity index (χ0v) is 20.5. The molecule has 32 heavy (non-hydrogen) atoms. The van der Waals surface area contributed by atoms with E-state index in [1.807, 2.05) is 19.9 Å². The van der Waals surface area contributed by atoms with Crippen molar-refractivity contribution in [2.75, 3.05) is 6.61 Å². The molecule has 7 nitrogen and oxygen atoms in total. The number of ether oxygens (including phenoxy) is 2. The van der Waals surface area contributed by atoms with E-state index in [0.717, 1.165) is 4.47 Å². The Morgan fingerprint density at radius 3 is 2.66 bits per heavy atom. The summed E-state index contributed by atoms with van der Waals surface area (Å²) in [5.41, 5.74) is 0.816. The van der Waals surface area contributed by atoms with Gasteiger partial charge in [-0.05, 0) is 50.2 Å². The molecule has 9 heteroatoms. The van der Waals surface area contributed by atoms with Gasteiger partial charge in [-0.2, -0.15) is 9.78 Å². The lowest BCUT2D eigenvalue weighted by atomic mass is 10.2. The van der Waals surface area contributed by atoms with Crippen LogP contribution in [0.15, 0.2) is 50.8 Å². The Labute approximate surface area is 199 Å². The molecule has 0 radical (unpaired) electrons. The van der Waals surface area contributed by atoms with Crippen LogP contribution in [0.3, 0.4) is 0 Å². The van der Waals surface area contributed by atoms with Gasteiger partial charge in [0.15, 0.2) is 6.61 Å². The van der Waals surface area contributed by atoms with Gasteiger partial charge in [-0.25, -0.2) is 9.78 Å². The first-order chi connectivity index (χ1) is 15.2. The molecule has 0 aliphatic rings. The molecule has 3 aromatic rings. The highest BCUT2D eigenvalue weighted by Gasteiger charge is 2.14. The van der Waals surface area contributed by atoms with Crippen molar-refractivity contribution in [2.24, 2.45) is 5.10 Å². The average Bonchev–Trinajstić information content (AvgIpc) is 2.72. The molecule has 0 saturated carbocycles. The quantitative estimate of drug-likeness (QED) is 0.318. The number of aromatic nitrogens is 2. The van der Waals surface area contributed by atoms with Gasteiger partial charge in [0.1, 0.15) is 11.6 Å². The SMILES string of the molecule is CC(C)OC(=O)COc1ccc(Cl)cc1C=Nn1c(C(C)C)nc2ccc(Br)cc2c1=O. The molecule has 0 amide bonds. The minimum atomic E-state index is -0.486. The Kier molecular flexibility index (Phi) is 7.69. The molecule has 168 valence electrons. The van der Waals surface area contributed by atoms with Gasteiger partial charge in [0.05, 0.1) is 23.2 Å². The number of nitrogens with zero attached hydrogens (tertiary/aromatic N) is 3. The van der Waals surface area contributed by atoms with Crippen LogP contribution in [0.5, 0.6) is 5.75 Å². The molecule has 2 aromatic carbocycles. The van der Waals surface area contributed by atoms with Crippen LogP contribution in [0.4, 0.5) is 0 Å². The normalized spacial score (nSPS) is 11.6. The molecule has 0 unspecified atom stereocenters. The first kappa shape index (κ1) is 23.9. The Morgan fingerprint density at radius 1 is 1.22 bits per heavy atom. The summed E-state index contributed by atoms with van der Waals surface area (Å²) in [5, 5.41) is 5.30. The molecule has 0 aliphatic heterocycles. The number of rotatable bonds is 7. The minimum absolute atomic E-state index is 0.0474. The van der Waals surface area contributed by atoms with Crippen LogP contribution >= 0.6 is 27.5 Å². The summed E-state index contributed by atoms with van der Waals surface area (Å²) < 4.78 is 12.7. The minimum Gasteiger partial charge on any atom is -0.481 e. The van der Waals surface area contributed by atoms with Crippen molar-refractivity contribution >= 4 is 50.6 Å². The topological polar surface area (TPSA) is 82.8 Å². The van der Waals surface area contributed by atoms with Gasteiger partial charge in [-0.1, -0.05) is 41.4 Å². The number of hydrogen-bond donors (Lipinski definition) is 0. The zero-order chi connectivity index (χ0) is 23.4. The number of esters is 1. The number of hydrogen-bond acceptors (Lipinski definition) is 6. The third kappa shape index (κ3) is 5.75. The van der Waals surface area contributed by atoms with Gasteiger partial charge in [0, 0.05) is 21.0 Å². The van der Waals surface area contributed by atoms with Crippen molar-refractivity contribution < 1.29 is 14.3 Å². The van der Waals surface area contributed by atoms with Crippen molar-refractivity contribution in [2.45, 2.75) is 39.7 Å². The Morgan fingerprint density at radius 2 is 1.97 bits per heavy atom. The molecule has 0 N–H and O–H groups in total. The van der Waals surface area contributed by atoms with Gasteiger partial charge in [0.2, 0.25) is 0 Å². The zero-order valence-electron chi connectivity index (χ0n) is 18.1.